The van der Waals surface area contributed by atoms with Crippen molar-refractivity contribution in [2.75, 3.05) is 13.2 Å². The van der Waals surface area contributed by atoms with Gasteiger partial charge in [0.2, 0.25) is 0 Å². The van der Waals surface area contributed by atoms with Crippen LogP contribution >= 0.6 is 15.9 Å². The van der Waals surface area contributed by atoms with Crippen LogP contribution in [0.1, 0.15) is 32.8 Å². The lowest BCUT2D eigenvalue weighted by atomic mass is 10.0. The van der Waals surface area contributed by atoms with Gasteiger partial charge in [0, 0.05) is 12.1 Å². The van der Waals surface area contributed by atoms with E-state index in [0.717, 1.165) is 28.9 Å². The van der Waals surface area contributed by atoms with E-state index in [0.29, 0.717) is 13.2 Å². The largest absolute Gasteiger partial charge is 0.486 e. The normalized spacial score (nSPS) is 14.7. The van der Waals surface area contributed by atoms with Gasteiger partial charge in [-0.15, -0.1) is 0 Å². The molecule has 0 saturated carbocycles. The molecule has 1 N–H and O–H groups in total. The number of fused-ring (bicyclic) bond motifs is 1. The Morgan fingerprint density at radius 3 is 2.72 bits per heavy atom. The summed E-state index contributed by atoms with van der Waals surface area (Å²) in [4.78, 5) is 0. The van der Waals surface area contributed by atoms with Gasteiger partial charge in [-0.3, -0.25) is 0 Å². The number of rotatable bonds is 4. The first-order chi connectivity index (χ1) is 8.52. The molecule has 18 heavy (non-hydrogen) atoms. The zero-order chi connectivity index (χ0) is 13.2. The Morgan fingerprint density at radius 2 is 2.00 bits per heavy atom. The smallest absolute Gasteiger partial charge is 0.175 e. The Bertz CT molecular complexity index is 432. The maximum absolute atomic E-state index is 5.62. The highest BCUT2D eigenvalue weighted by molar-refractivity contribution is 9.10. The minimum absolute atomic E-state index is 0.153. The molecule has 0 atom stereocenters. The Balaban J connectivity index is 2.12. The second kappa shape index (κ2) is 5.49. The first-order valence-electron chi connectivity index (χ1n) is 6.35. The van der Waals surface area contributed by atoms with Crippen molar-refractivity contribution in [1.29, 1.82) is 0 Å². The molecule has 1 aliphatic heterocycles. The fraction of sp³-hybridized carbons (Fsp3) is 0.571. The summed E-state index contributed by atoms with van der Waals surface area (Å²) in [6.07, 6.45) is 1.10. The summed E-state index contributed by atoms with van der Waals surface area (Å²) in [6.45, 7) is 8.67. The van der Waals surface area contributed by atoms with Crippen LogP contribution in [-0.4, -0.2) is 18.8 Å². The van der Waals surface area contributed by atoms with E-state index in [-0.39, 0.29) is 5.54 Å². The van der Waals surface area contributed by atoms with E-state index in [4.69, 9.17) is 9.47 Å². The summed E-state index contributed by atoms with van der Waals surface area (Å²) in [6, 6.07) is 4.14. The number of hydrogen-bond acceptors (Lipinski definition) is 3. The summed E-state index contributed by atoms with van der Waals surface area (Å²) in [7, 11) is 0. The Kier molecular flexibility index (Phi) is 4.17. The topological polar surface area (TPSA) is 30.5 Å². The van der Waals surface area contributed by atoms with E-state index in [1.807, 2.05) is 0 Å². The lowest BCUT2D eigenvalue weighted by Gasteiger charge is -2.25. The van der Waals surface area contributed by atoms with E-state index in [2.05, 4.69) is 54.2 Å². The average Bonchev–Trinajstić information content (AvgIpc) is 2.37. The lowest BCUT2D eigenvalue weighted by Crippen LogP contribution is -2.37. The molecule has 1 aromatic carbocycles. The Morgan fingerprint density at radius 1 is 1.28 bits per heavy atom. The van der Waals surface area contributed by atoms with Crippen LogP contribution in [-0.2, 0) is 6.54 Å². The van der Waals surface area contributed by atoms with E-state index >= 15 is 0 Å². The van der Waals surface area contributed by atoms with Gasteiger partial charge in [-0.2, -0.15) is 0 Å². The van der Waals surface area contributed by atoms with Gasteiger partial charge >= 0.3 is 0 Å². The van der Waals surface area contributed by atoms with Crippen LogP contribution in [0, 0.1) is 0 Å². The third kappa shape index (κ3) is 3.18. The van der Waals surface area contributed by atoms with Gasteiger partial charge < -0.3 is 14.8 Å². The third-order valence-corrected chi connectivity index (χ3v) is 3.90. The highest BCUT2D eigenvalue weighted by Gasteiger charge is 2.18. The average molecular weight is 314 g/mol. The molecule has 0 saturated heterocycles. The van der Waals surface area contributed by atoms with Crippen molar-refractivity contribution in [2.24, 2.45) is 0 Å². The van der Waals surface area contributed by atoms with Crippen molar-refractivity contribution in [3.8, 4) is 11.5 Å². The predicted molar refractivity (Wildman–Crippen MR) is 76.3 cm³/mol. The maximum Gasteiger partial charge on any atom is 0.175 e. The molecular formula is C14H20BrNO2. The van der Waals surface area contributed by atoms with Crippen LogP contribution in [0.4, 0.5) is 0 Å². The predicted octanol–water partition coefficient (Wildman–Crippen LogP) is 3.50. The maximum atomic E-state index is 5.62. The fourth-order valence-electron chi connectivity index (χ4n) is 1.73. The standard InChI is InChI=1S/C14H20BrNO2/c1-4-14(2,3)16-9-10-7-11(15)13-12(8-10)17-5-6-18-13/h7-8,16H,4-6,9H2,1-3H3. The zero-order valence-corrected chi connectivity index (χ0v) is 12.8. The molecule has 1 heterocycles. The minimum Gasteiger partial charge on any atom is -0.486 e. The van der Waals surface area contributed by atoms with Crippen LogP contribution in [0.15, 0.2) is 16.6 Å². The second-order valence-electron chi connectivity index (χ2n) is 5.19. The molecule has 3 nitrogen and oxygen atoms in total. The molecule has 0 fully saturated rings. The van der Waals surface area contributed by atoms with Crippen LogP contribution in [0.25, 0.3) is 0 Å². The number of halogens is 1. The highest BCUT2D eigenvalue weighted by atomic mass is 79.9. The number of hydrogen-bond donors (Lipinski definition) is 1. The number of ether oxygens (including phenoxy) is 2. The van der Waals surface area contributed by atoms with Gasteiger partial charge in [0.1, 0.15) is 13.2 Å². The lowest BCUT2D eigenvalue weighted by molar-refractivity contribution is 0.170. The summed E-state index contributed by atoms with van der Waals surface area (Å²) >= 11 is 3.54. The van der Waals surface area contributed by atoms with Gasteiger partial charge in [-0.05, 0) is 53.9 Å². The summed E-state index contributed by atoms with van der Waals surface area (Å²) in [5, 5.41) is 3.54. The van der Waals surface area contributed by atoms with E-state index in [1.54, 1.807) is 0 Å². The first kappa shape index (κ1) is 13.7. The van der Waals surface area contributed by atoms with Crippen molar-refractivity contribution in [3.05, 3.63) is 22.2 Å². The highest BCUT2D eigenvalue weighted by Crippen LogP contribution is 2.38. The van der Waals surface area contributed by atoms with Crippen molar-refractivity contribution in [1.82, 2.24) is 5.32 Å². The van der Waals surface area contributed by atoms with Crippen molar-refractivity contribution < 1.29 is 9.47 Å². The zero-order valence-electron chi connectivity index (χ0n) is 11.2. The molecule has 0 amide bonds. The summed E-state index contributed by atoms with van der Waals surface area (Å²) < 4.78 is 12.2. The van der Waals surface area contributed by atoms with E-state index < -0.39 is 0 Å². The van der Waals surface area contributed by atoms with Crippen LogP contribution in [0.3, 0.4) is 0 Å². The van der Waals surface area contributed by atoms with Crippen molar-refractivity contribution in [3.63, 3.8) is 0 Å². The molecule has 1 aromatic rings. The molecule has 100 valence electrons. The summed E-state index contributed by atoms with van der Waals surface area (Å²) in [5.41, 5.74) is 1.35. The molecule has 0 spiro atoms. The van der Waals surface area contributed by atoms with Crippen molar-refractivity contribution in [2.45, 2.75) is 39.3 Å². The molecular weight excluding hydrogens is 294 g/mol. The van der Waals surface area contributed by atoms with Crippen LogP contribution in [0.5, 0.6) is 11.5 Å². The number of nitrogens with one attached hydrogen (secondary N) is 1. The molecule has 4 heteroatoms. The number of benzene rings is 1. The molecule has 0 aromatic heterocycles. The van der Waals surface area contributed by atoms with Gasteiger partial charge in [-0.25, -0.2) is 0 Å². The molecule has 1 aliphatic rings. The van der Waals surface area contributed by atoms with Crippen molar-refractivity contribution >= 4 is 15.9 Å². The molecule has 0 radical (unpaired) electrons. The van der Waals surface area contributed by atoms with Crippen LogP contribution in [0.2, 0.25) is 0 Å². The third-order valence-electron chi connectivity index (χ3n) is 3.31. The van der Waals surface area contributed by atoms with E-state index in [9.17, 15) is 0 Å². The van der Waals surface area contributed by atoms with Gasteiger partial charge in [0.25, 0.3) is 0 Å². The molecule has 2 rings (SSSR count). The monoisotopic (exact) mass is 313 g/mol. The first-order valence-corrected chi connectivity index (χ1v) is 7.14. The fourth-order valence-corrected chi connectivity index (χ4v) is 2.34. The molecule has 0 bridgehead atoms. The Hall–Kier alpha value is -0.740. The second-order valence-corrected chi connectivity index (χ2v) is 6.05. The molecule has 0 unspecified atom stereocenters. The minimum atomic E-state index is 0.153. The van der Waals surface area contributed by atoms with Gasteiger partial charge in [0.05, 0.1) is 4.47 Å². The quantitative estimate of drug-likeness (QED) is 0.923. The van der Waals surface area contributed by atoms with Crippen LogP contribution < -0.4 is 14.8 Å². The molecule has 0 aliphatic carbocycles. The van der Waals surface area contributed by atoms with E-state index in [1.165, 1.54) is 5.56 Å². The summed E-state index contributed by atoms with van der Waals surface area (Å²) in [5.74, 6) is 1.65. The SMILES string of the molecule is CCC(C)(C)NCc1cc(Br)c2c(c1)OCCO2. The Labute approximate surface area is 117 Å². The van der Waals surface area contributed by atoms with Gasteiger partial charge in [0.15, 0.2) is 11.5 Å². The van der Waals surface area contributed by atoms with Gasteiger partial charge in [-0.1, -0.05) is 6.92 Å².